The number of fused-ring (bicyclic) bond motifs is 1. The van der Waals surface area contributed by atoms with Crippen molar-refractivity contribution in [3.63, 3.8) is 0 Å². The molecule has 2 aromatic carbocycles. The van der Waals surface area contributed by atoms with E-state index in [2.05, 4.69) is 15.4 Å². The molecule has 0 fully saturated rings. The van der Waals surface area contributed by atoms with E-state index >= 15 is 0 Å². The largest absolute Gasteiger partial charge is 0.360 e. The lowest BCUT2D eigenvalue weighted by atomic mass is 10.2. The second kappa shape index (κ2) is 5.43. The summed E-state index contributed by atoms with van der Waals surface area (Å²) in [7, 11) is -3.71. The van der Waals surface area contributed by atoms with E-state index in [4.69, 9.17) is 0 Å². The van der Waals surface area contributed by atoms with Crippen molar-refractivity contribution < 1.29 is 13.2 Å². The van der Waals surface area contributed by atoms with Gasteiger partial charge < -0.3 is 10.6 Å². The van der Waals surface area contributed by atoms with Crippen molar-refractivity contribution >= 4 is 27.3 Å². The highest BCUT2D eigenvalue weighted by Gasteiger charge is 2.32. The van der Waals surface area contributed by atoms with Crippen molar-refractivity contribution in [2.24, 2.45) is 0 Å². The summed E-state index contributed by atoms with van der Waals surface area (Å²) < 4.78 is 26.7. The second-order valence-corrected chi connectivity index (χ2v) is 6.68. The Balaban J connectivity index is 1.85. The maximum atomic E-state index is 12.3. The first-order valence-electron chi connectivity index (χ1n) is 6.72. The van der Waals surface area contributed by atoms with Gasteiger partial charge in [-0.15, -0.1) is 0 Å². The fraction of sp³-hybridized carbons (Fsp3) is 0.133. The Labute approximate surface area is 128 Å². The molecule has 114 valence electrons. The van der Waals surface area contributed by atoms with Gasteiger partial charge in [0.05, 0.1) is 5.69 Å². The van der Waals surface area contributed by atoms with Gasteiger partial charge in [-0.1, -0.05) is 30.3 Å². The van der Waals surface area contributed by atoms with Crippen molar-refractivity contribution in [1.29, 1.82) is 0 Å². The topological polar surface area (TPSA) is 87.3 Å². The van der Waals surface area contributed by atoms with Crippen LogP contribution in [0.25, 0.3) is 0 Å². The Morgan fingerprint density at radius 3 is 2.55 bits per heavy atom. The maximum Gasteiger partial charge on any atom is 0.262 e. The fourth-order valence-corrected chi connectivity index (χ4v) is 3.54. The van der Waals surface area contributed by atoms with E-state index in [1.54, 1.807) is 30.3 Å². The number of para-hydroxylation sites is 2. The number of carbonyl (C=O) groups excluding carboxylic acids is 1. The molecule has 0 aliphatic carbocycles. The zero-order valence-corrected chi connectivity index (χ0v) is 12.6. The predicted octanol–water partition coefficient (Wildman–Crippen LogP) is 1.66. The summed E-state index contributed by atoms with van der Waals surface area (Å²) in [5.74, 6) is -0.465. The zero-order valence-electron chi connectivity index (χ0n) is 11.8. The lowest BCUT2D eigenvalue weighted by Gasteiger charge is -2.27. The number of hydrogen-bond donors (Lipinski definition) is 3. The Hall–Kier alpha value is -2.38. The molecule has 2 aromatic rings. The number of carbonyl (C=O) groups is 1. The van der Waals surface area contributed by atoms with Crippen LogP contribution in [-0.2, 0) is 14.8 Å². The van der Waals surface area contributed by atoms with Gasteiger partial charge in [0.15, 0.2) is 6.17 Å². The van der Waals surface area contributed by atoms with E-state index in [-0.39, 0.29) is 4.90 Å². The molecule has 0 unspecified atom stereocenters. The second-order valence-electron chi connectivity index (χ2n) is 5.00. The van der Waals surface area contributed by atoms with Crippen molar-refractivity contribution in [3.05, 3.63) is 54.1 Å². The minimum absolute atomic E-state index is 0.134. The number of nitrogens with one attached hydrogen (secondary N) is 3. The van der Waals surface area contributed by atoms with Crippen molar-refractivity contribution in [2.45, 2.75) is 18.0 Å². The SMILES string of the molecule is Cc1ccccc1NC(=O)[C@@H]1Nc2ccccc2S(=O)(=O)N1. The van der Waals surface area contributed by atoms with Crippen molar-refractivity contribution in [1.82, 2.24) is 4.72 Å². The van der Waals surface area contributed by atoms with E-state index in [1.807, 2.05) is 19.1 Å². The van der Waals surface area contributed by atoms with Gasteiger partial charge in [0.1, 0.15) is 4.90 Å². The van der Waals surface area contributed by atoms with Crippen LogP contribution in [0.4, 0.5) is 11.4 Å². The van der Waals surface area contributed by atoms with Gasteiger partial charge in [-0.25, -0.2) is 8.42 Å². The molecule has 0 saturated carbocycles. The zero-order chi connectivity index (χ0) is 15.7. The van der Waals surface area contributed by atoms with Crippen LogP contribution in [0.5, 0.6) is 0 Å². The van der Waals surface area contributed by atoms with Gasteiger partial charge in [0.25, 0.3) is 5.91 Å². The Morgan fingerprint density at radius 1 is 1.09 bits per heavy atom. The lowest BCUT2D eigenvalue weighted by Crippen LogP contribution is -2.51. The molecular formula is C15H15N3O3S. The summed E-state index contributed by atoms with van der Waals surface area (Å²) in [6.07, 6.45) is -1.06. The number of hydrogen-bond acceptors (Lipinski definition) is 4. The third kappa shape index (κ3) is 2.68. The third-order valence-corrected chi connectivity index (χ3v) is 4.90. The molecule has 3 rings (SSSR count). The Kier molecular flexibility index (Phi) is 3.59. The summed E-state index contributed by atoms with van der Waals surface area (Å²) in [6, 6.07) is 13.7. The predicted molar refractivity (Wildman–Crippen MR) is 84.0 cm³/mol. The molecule has 6 nitrogen and oxygen atoms in total. The average molecular weight is 317 g/mol. The van der Waals surface area contributed by atoms with Crippen LogP contribution in [0, 0.1) is 6.92 Å². The van der Waals surface area contributed by atoms with E-state index in [0.29, 0.717) is 11.4 Å². The molecule has 1 aliphatic rings. The van der Waals surface area contributed by atoms with Crippen LogP contribution in [0.15, 0.2) is 53.4 Å². The Bertz CT molecular complexity index is 833. The van der Waals surface area contributed by atoms with E-state index < -0.39 is 22.1 Å². The first kappa shape index (κ1) is 14.6. The number of aryl methyl sites for hydroxylation is 1. The quantitative estimate of drug-likeness (QED) is 0.786. The lowest BCUT2D eigenvalue weighted by molar-refractivity contribution is -0.117. The number of rotatable bonds is 2. The molecule has 0 saturated heterocycles. The molecule has 0 bridgehead atoms. The highest BCUT2D eigenvalue weighted by atomic mass is 32.2. The molecule has 7 heteroatoms. The van der Waals surface area contributed by atoms with Crippen LogP contribution in [0.3, 0.4) is 0 Å². The van der Waals surface area contributed by atoms with Gasteiger partial charge in [-0.3, -0.25) is 4.79 Å². The van der Waals surface area contributed by atoms with Gasteiger partial charge in [0, 0.05) is 5.69 Å². The molecule has 1 amide bonds. The van der Waals surface area contributed by atoms with Crippen LogP contribution in [-0.4, -0.2) is 20.5 Å². The molecule has 0 radical (unpaired) electrons. The summed E-state index contributed by atoms with van der Waals surface area (Å²) in [6.45, 7) is 1.86. The monoisotopic (exact) mass is 317 g/mol. The summed E-state index contributed by atoms with van der Waals surface area (Å²) in [5.41, 5.74) is 1.95. The molecule has 1 atom stereocenters. The standard InChI is InChI=1S/C15H15N3O3S/c1-10-6-2-3-7-11(10)17-15(19)14-16-12-8-4-5-9-13(12)22(20,21)18-14/h2-9,14,16,18H,1H3,(H,17,19)/t14-/m1/s1. The van der Waals surface area contributed by atoms with Crippen LogP contribution in [0.1, 0.15) is 5.56 Å². The first-order chi connectivity index (χ1) is 10.5. The third-order valence-electron chi connectivity index (χ3n) is 3.41. The van der Waals surface area contributed by atoms with E-state index in [0.717, 1.165) is 5.56 Å². The Morgan fingerprint density at radius 2 is 1.77 bits per heavy atom. The highest BCUT2D eigenvalue weighted by molar-refractivity contribution is 7.89. The van der Waals surface area contributed by atoms with Crippen molar-refractivity contribution in [3.8, 4) is 0 Å². The van der Waals surface area contributed by atoms with Gasteiger partial charge in [0.2, 0.25) is 10.0 Å². The molecule has 3 N–H and O–H groups in total. The summed E-state index contributed by atoms with van der Waals surface area (Å²) in [5, 5.41) is 5.61. The van der Waals surface area contributed by atoms with Crippen LogP contribution >= 0.6 is 0 Å². The number of benzene rings is 2. The van der Waals surface area contributed by atoms with E-state index in [1.165, 1.54) is 6.07 Å². The normalized spacial score (nSPS) is 18.9. The summed E-state index contributed by atoms with van der Waals surface area (Å²) >= 11 is 0. The summed E-state index contributed by atoms with van der Waals surface area (Å²) in [4.78, 5) is 12.5. The molecular weight excluding hydrogens is 302 g/mol. The van der Waals surface area contributed by atoms with Gasteiger partial charge in [-0.05, 0) is 30.7 Å². The fourth-order valence-electron chi connectivity index (χ4n) is 2.26. The van der Waals surface area contributed by atoms with Crippen LogP contribution < -0.4 is 15.4 Å². The van der Waals surface area contributed by atoms with Crippen molar-refractivity contribution in [2.75, 3.05) is 10.6 Å². The number of sulfonamides is 1. The average Bonchev–Trinajstić information content (AvgIpc) is 2.49. The molecule has 0 aromatic heterocycles. The molecule has 22 heavy (non-hydrogen) atoms. The van der Waals surface area contributed by atoms with Gasteiger partial charge in [-0.2, -0.15) is 4.72 Å². The van der Waals surface area contributed by atoms with Crippen LogP contribution in [0.2, 0.25) is 0 Å². The van der Waals surface area contributed by atoms with Gasteiger partial charge >= 0.3 is 0 Å². The minimum Gasteiger partial charge on any atom is -0.360 e. The highest BCUT2D eigenvalue weighted by Crippen LogP contribution is 2.25. The smallest absolute Gasteiger partial charge is 0.262 e. The number of anilines is 2. The minimum atomic E-state index is -3.71. The molecule has 1 aliphatic heterocycles. The first-order valence-corrected chi connectivity index (χ1v) is 8.20. The maximum absolute atomic E-state index is 12.3. The molecule has 1 heterocycles. The van der Waals surface area contributed by atoms with E-state index in [9.17, 15) is 13.2 Å². The molecule has 0 spiro atoms. The number of amides is 1.